The fraction of sp³-hybridized carbons (Fsp3) is 0.321. The minimum Gasteiger partial charge on any atom is -0.494 e. The Bertz CT molecular complexity index is 1650. The number of carbonyl (C=O) groups excluding carboxylic acids is 1. The normalized spacial score (nSPS) is 14.8. The summed E-state index contributed by atoms with van der Waals surface area (Å²) in [7, 11) is 2.71. The Morgan fingerprint density at radius 3 is 2.55 bits per heavy atom. The number of benzene rings is 1. The van der Waals surface area contributed by atoms with Gasteiger partial charge in [0.25, 0.3) is 5.91 Å². The van der Waals surface area contributed by atoms with Gasteiger partial charge in [-0.25, -0.2) is 14.4 Å². The van der Waals surface area contributed by atoms with Gasteiger partial charge in [0.05, 0.1) is 25.6 Å². The number of piperidine rings is 1. The van der Waals surface area contributed by atoms with E-state index in [0.717, 1.165) is 12.3 Å². The maximum absolute atomic E-state index is 14.4. The van der Waals surface area contributed by atoms with Crippen LogP contribution < -0.4 is 10.5 Å². The summed E-state index contributed by atoms with van der Waals surface area (Å²) in [6.07, 6.45) is -1.12. The summed E-state index contributed by atoms with van der Waals surface area (Å²) in [4.78, 5) is 32.0. The Morgan fingerprint density at radius 1 is 1.14 bits per heavy atom. The topological polar surface area (TPSA) is 129 Å². The Balaban J connectivity index is 1.41. The summed E-state index contributed by atoms with van der Waals surface area (Å²) >= 11 is 0. The van der Waals surface area contributed by atoms with Gasteiger partial charge in [0.15, 0.2) is 17.3 Å². The Kier molecular flexibility index (Phi) is 8.07. The van der Waals surface area contributed by atoms with Gasteiger partial charge in [0, 0.05) is 41.7 Å². The highest BCUT2D eigenvalue weighted by Gasteiger charge is 2.34. The molecule has 5 rings (SSSR count). The fourth-order valence-electron chi connectivity index (χ4n) is 5.00. The van der Waals surface area contributed by atoms with E-state index in [1.165, 1.54) is 38.6 Å². The second kappa shape index (κ2) is 11.7. The molecule has 0 unspecified atom stereocenters. The van der Waals surface area contributed by atoms with Crippen LogP contribution in [0.1, 0.15) is 40.3 Å². The van der Waals surface area contributed by atoms with Crippen LogP contribution in [0.3, 0.4) is 0 Å². The van der Waals surface area contributed by atoms with Gasteiger partial charge < -0.3 is 24.6 Å². The highest BCUT2D eigenvalue weighted by Crippen LogP contribution is 2.37. The van der Waals surface area contributed by atoms with E-state index in [9.17, 15) is 22.4 Å². The van der Waals surface area contributed by atoms with Crippen LogP contribution in [0, 0.1) is 11.7 Å². The van der Waals surface area contributed by atoms with Crippen molar-refractivity contribution in [3.05, 3.63) is 71.3 Å². The SMILES string of the molecule is CON=C(c1ccncc1F)C1CCN(C(=O)c2nc(-c3ccc(OC)c4nc(C(F)(F)F)ccc34)oc2CN)CC1. The first-order chi connectivity index (χ1) is 20.2. The molecule has 1 aromatic carbocycles. The summed E-state index contributed by atoms with van der Waals surface area (Å²) in [6, 6.07) is 6.65. The molecule has 10 nitrogen and oxygen atoms in total. The molecule has 1 aliphatic rings. The minimum atomic E-state index is -4.65. The molecule has 0 atom stereocenters. The number of oxime groups is 1. The third-order valence-electron chi connectivity index (χ3n) is 7.05. The van der Waals surface area contributed by atoms with E-state index in [1.807, 2.05) is 0 Å². The lowest BCUT2D eigenvalue weighted by molar-refractivity contribution is -0.140. The molecular weight excluding hydrogens is 560 g/mol. The molecule has 14 heteroatoms. The molecular formula is C28H26F4N6O4. The molecule has 2 N–H and O–H groups in total. The van der Waals surface area contributed by atoms with E-state index < -0.39 is 23.6 Å². The first kappa shape index (κ1) is 28.9. The van der Waals surface area contributed by atoms with Gasteiger partial charge in [-0.15, -0.1) is 0 Å². The second-order valence-corrected chi connectivity index (χ2v) is 9.48. The summed E-state index contributed by atoms with van der Waals surface area (Å²) in [5.74, 6) is -0.850. The van der Waals surface area contributed by atoms with Crippen molar-refractivity contribution in [2.24, 2.45) is 16.8 Å². The Hall–Kier alpha value is -4.59. The molecule has 0 radical (unpaired) electrons. The van der Waals surface area contributed by atoms with Crippen molar-refractivity contribution < 1.29 is 36.3 Å². The largest absolute Gasteiger partial charge is 0.494 e. The van der Waals surface area contributed by atoms with Crippen LogP contribution in [0.25, 0.3) is 22.4 Å². The number of hydrogen-bond acceptors (Lipinski definition) is 9. The number of methoxy groups -OCH3 is 1. The van der Waals surface area contributed by atoms with Gasteiger partial charge >= 0.3 is 6.18 Å². The van der Waals surface area contributed by atoms with Gasteiger partial charge in [0.1, 0.15) is 24.1 Å². The molecule has 1 saturated heterocycles. The maximum Gasteiger partial charge on any atom is 0.433 e. The Labute approximate surface area is 237 Å². The number of nitrogens with zero attached hydrogens (tertiary/aromatic N) is 5. The van der Waals surface area contributed by atoms with Crippen molar-refractivity contribution in [3.63, 3.8) is 0 Å². The minimum absolute atomic E-state index is 0.000694. The van der Waals surface area contributed by atoms with Gasteiger partial charge in [-0.2, -0.15) is 13.2 Å². The van der Waals surface area contributed by atoms with Crippen LogP contribution >= 0.6 is 0 Å². The van der Waals surface area contributed by atoms with Gasteiger partial charge in [-0.1, -0.05) is 5.16 Å². The average Bonchev–Trinajstić information content (AvgIpc) is 3.43. The zero-order chi connectivity index (χ0) is 30.0. The number of halogens is 4. The summed E-state index contributed by atoms with van der Waals surface area (Å²) in [6.45, 7) is 0.503. The summed E-state index contributed by atoms with van der Waals surface area (Å²) in [5, 5.41) is 4.34. The van der Waals surface area contributed by atoms with Crippen molar-refractivity contribution in [2.45, 2.75) is 25.6 Å². The number of fused-ring (bicyclic) bond motifs is 1. The Morgan fingerprint density at radius 2 is 1.90 bits per heavy atom. The van der Waals surface area contributed by atoms with Crippen LogP contribution in [0.5, 0.6) is 5.75 Å². The smallest absolute Gasteiger partial charge is 0.433 e. The lowest BCUT2D eigenvalue weighted by Crippen LogP contribution is -2.41. The number of rotatable bonds is 7. The zero-order valence-corrected chi connectivity index (χ0v) is 22.6. The highest BCUT2D eigenvalue weighted by atomic mass is 19.4. The zero-order valence-electron chi connectivity index (χ0n) is 22.6. The predicted octanol–water partition coefficient (Wildman–Crippen LogP) is 4.81. The van der Waals surface area contributed by atoms with Crippen LogP contribution in [0.2, 0.25) is 0 Å². The molecule has 1 fully saturated rings. The number of nitrogens with two attached hydrogens (primary N) is 1. The second-order valence-electron chi connectivity index (χ2n) is 9.48. The number of alkyl halides is 3. The predicted molar refractivity (Wildman–Crippen MR) is 143 cm³/mol. The third kappa shape index (κ3) is 5.49. The number of hydrogen-bond donors (Lipinski definition) is 1. The number of amides is 1. The van der Waals surface area contributed by atoms with Crippen molar-refractivity contribution in [2.75, 3.05) is 27.3 Å². The monoisotopic (exact) mass is 586 g/mol. The molecule has 1 amide bonds. The number of ether oxygens (including phenoxy) is 1. The van der Waals surface area contributed by atoms with E-state index in [4.69, 9.17) is 19.7 Å². The van der Waals surface area contributed by atoms with Crippen molar-refractivity contribution in [1.29, 1.82) is 0 Å². The number of carbonyl (C=O) groups is 1. The van der Waals surface area contributed by atoms with E-state index in [0.29, 0.717) is 42.6 Å². The molecule has 0 bridgehead atoms. The van der Waals surface area contributed by atoms with Crippen LogP contribution in [-0.2, 0) is 17.6 Å². The van der Waals surface area contributed by atoms with E-state index in [-0.39, 0.29) is 46.6 Å². The molecule has 220 valence electrons. The van der Waals surface area contributed by atoms with Crippen LogP contribution in [-0.4, -0.2) is 58.8 Å². The highest BCUT2D eigenvalue weighted by molar-refractivity contribution is 6.02. The molecule has 0 saturated carbocycles. The van der Waals surface area contributed by atoms with E-state index in [2.05, 4.69) is 20.1 Å². The average molecular weight is 587 g/mol. The van der Waals surface area contributed by atoms with Crippen molar-refractivity contribution in [3.8, 4) is 17.2 Å². The summed E-state index contributed by atoms with van der Waals surface area (Å²) in [5.41, 5.74) is 5.80. The number of pyridine rings is 2. The van der Waals surface area contributed by atoms with Gasteiger partial charge in [-0.3, -0.25) is 9.78 Å². The van der Waals surface area contributed by atoms with Crippen molar-refractivity contribution in [1.82, 2.24) is 19.9 Å². The first-order valence-corrected chi connectivity index (χ1v) is 12.9. The molecule has 4 heterocycles. The summed E-state index contributed by atoms with van der Waals surface area (Å²) < 4.78 is 65.5. The molecule has 3 aromatic heterocycles. The fourth-order valence-corrected chi connectivity index (χ4v) is 5.00. The number of likely N-dealkylation sites (tertiary alicyclic amines) is 1. The molecule has 42 heavy (non-hydrogen) atoms. The van der Waals surface area contributed by atoms with E-state index >= 15 is 0 Å². The standard InChI is InChI=1S/C28H26F4N6O4/c1-40-20-5-3-17(16-4-6-22(28(30,31)32)35-24(16)20)26-36-25(21(13-33)42-26)27(39)38-11-8-15(9-12-38)23(37-41-2)18-7-10-34-14-19(18)29/h3-7,10,14-15H,8-9,11-13,33H2,1-2H3. The van der Waals surface area contributed by atoms with Crippen LogP contribution in [0.4, 0.5) is 17.6 Å². The van der Waals surface area contributed by atoms with Crippen molar-refractivity contribution >= 4 is 22.5 Å². The third-order valence-corrected chi connectivity index (χ3v) is 7.05. The molecule has 0 aliphatic carbocycles. The maximum atomic E-state index is 14.4. The number of oxazole rings is 1. The molecule has 0 spiro atoms. The number of aromatic nitrogens is 3. The van der Waals surface area contributed by atoms with Gasteiger partial charge in [0.2, 0.25) is 5.89 Å². The van der Waals surface area contributed by atoms with Gasteiger partial charge in [-0.05, 0) is 43.2 Å². The first-order valence-electron chi connectivity index (χ1n) is 12.9. The lowest BCUT2D eigenvalue weighted by Gasteiger charge is -2.32. The molecule has 4 aromatic rings. The van der Waals surface area contributed by atoms with Crippen LogP contribution in [0.15, 0.2) is 52.3 Å². The lowest BCUT2D eigenvalue weighted by atomic mass is 9.88. The quantitative estimate of drug-likeness (QED) is 0.186. The van der Waals surface area contributed by atoms with E-state index in [1.54, 1.807) is 11.0 Å². The molecule has 1 aliphatic heterocycles.